The molecule has 1 saturated heterocycles. The molecule has 0 bridgehead atoms. The lowest BCUT2D eigenvalue weighted by molar-refractivity contribution is -0.150. The summed E-state index contributed by atoms with van der Waals surface area (Å²) in [4.78, 5) is 22.3. The van der Waals surface area contributed by atoms with Gasteiger partial charge in [0.1, 0.15) is 11.9 Å². The maximum absolute atomic E-state index is 11.7. The number of anilines is 1. The molecule has 0 aliphatic carbocycles. The van der Waals surface area contributed by atoms with Crippen LogP contribution in [-0.4, -0.2) is 34.3 Å². The van der Waals surface area contributed by atoms with Crippen LogP contribution in [0, 0.1) is 6.92 Å². The maximum Gasteiger partial charge on any atom is 0.332 e. The lowest BCUT2D eigenvalue weighted by Gasteiger charge is -2.09. The summed E-state index contributed by atoms with van der Waals surface area (Å²) in [7, 11) is 0. The minimum atomic E-state index is -1.04. The summed E-state index contributed by atoms with van der Waals surface area (Å²) in [6.45, 7) is 1.70. The van der Waals surface area contributed by atoms with E-state index in [0.717, 1.165) is 0 Å². The average molecular weight is 240 g/mol. The molecule has 1 aromatic rings. The Morgan fingerprint density at radius 1 is 1.47 bits per heavy atom. The van der Waals surface area contributed by atoms with E-state index in [1.807, 2.05) is 0 Å². The summed E-state index contributed by atoms with van der Waals surface area (Å²) in [5, 5.41) is 14.8. The molecule has 2 N–H and O–H groups in total. The van der Waals surface area contributed by atoms with E-state index in [0.29, 0.717) is 24.4 Å². The molecule has 0 spiro atoms. The predicted molar refractivity (Wildman–Crippen MR) is 55.4 cm³/mol. The number of aryl methyl sites for hydroxylation is 1. The highest BCUT2D eigenvalue weighted by molar-refractivity contribution is 5.93. The molecular formula is C10H12N2O5. The zero-order chi connectivity index (χ0) is 12.4. The standard InChI is InChI=1S/C10H12N2O5/c1-5-4-8(12-17-5)11-9(13)6-2-3-7(16-6)10(14)15/h4,6-7H,2-3H2,1H3,(H,14,15)(H,11,12,13). The van der Waals surface area contributed by atoms with E-state index < -0.39 is 24.1 Å². The molecule has 1 fully saturated rings. The van der Waals surface area contributed by atoms with Crippen molar-refractivity contribution in [2.24, 2.45) is 0 Å². The van der Waals surface area contributed by atoms with Gasteiger partial charge < -0.3 is 19.7 Å². The molecular weight excluding hydrogens is 228 g/mol. The predicted octanol–water partition coefficient (Wildman–Crippen LogP) is 0.554. The van der Waals surface area contributed by atoms with Gasteiger partial charge in [-0.2, -0.15) is 0 Å². The zero-order valence-corrected chi connectivity index (χ0v) is 9.17. The minimum Gasteiger partial charge on any atom is -0.479 e. The summed E-state index contributed by atoms with van der Waals surface area (Å²) in [5.74, 6) is -0.564. The number of carbonyl (C=O) groups is 2. The summed E-state index contributed by atoms with van der Waals surface area (Å²) in [6.07, 6.45) is -0.914. The van der Waals surface area contributed by atoms with Crippen molar-refractivity contribution < 1.29 is 24.0 Å². The van der Waals surface area contributed by atoms with Gasteiger partial charge in [0.05, 0.1) is 0 Å². The minimum absolute atomic E-state index is 0.301. The van der Waals surface area contributed by atoms with Crippen LogP contribution in [0.15, 0.2) is 10.6 Å². The molecule has 92 valence electrons. The van der Waals surface area contributed by atoms with Gasteiger partial charge in [0.25, 0.3) is 5.91 Å². The number of carboxylic acid groups (broad SMARTS) is 1. The lowest BCUT2D eigenvalue weighted by Crippen LogP contribution is -2.30. The maximum atomic E-state index is 11.7. The molecule has 0 saturated carbocycles. The fourth-order valence-electron chi connectivity index (χ4n) is 1.64. The fraction of sp³-hybridized carbons (Fsp3) is 0.500. The van der Waals surface area contributed by atoms with Crippen LogP contribution in [0.25, 0.3) is 0 Å². The first-order chi connectivity index (χ1) is 8.06. The normalized spacial score (nSPS) is 23.6. The second-order valence-electron chi connectivity index (χ2n) is 3.84. The Bertz CT molecular complexity index is 442. The van der Waals surface area contributed by atoms with E-state index in [1.54, 1.807) is 13.0 Å². The molecule has 7 nitrogen and oxygen atoms in total. The van der Waals surface area contributed by atoms with Gasteiger partial charge in [0.2, 0.25) is 0 Å². The largest absolute Gasteiger partial charge is 0.479 e. The van der Waals surface area contributed by atoms with Crippen LogP contribution < -0.4 is 5.32 Å². The number of aliphatic carboxylic acids is 1. The third-order valence-corrected chi connectivity index (χ3v) is 2.47. The highest BCUT2D eigenvalue weighted by Crippen LogP contribution is 2.21. The first kappa shape index (κ1) is 11.6. The molecule has 1 amide bonds. The number of carbonyl (C=O) groups excluding carboxylic acids is 1. The van der Waals surface area contributed by atoms with Crippen molar-refractivity contribution in [3.05, 3.63) is 11.8 Å². The average Bonchev–Trinajstić information content (AvgIpc) is 2.86. The molecule has 2 heterocycles. The van der Waals surface area contributed by atoms with Crippen LogP contribution in [0.1, 0.15) is 18.6 Å². The van der Waals surface area contributed by atoms with Crippen molar-refractivity contribution in [3.63, 3.8) is 0 Å². The van der Waals surface area contributed by atoms with Gasteiger partial charge in [0.15, 0.2) is 11.9 Å². The Labute approximate surface area is 96.7 Å². The van der Waals surface area contributed by atoms with Gasteiger partial charge >= 0.3 is 5.97 Å². The van der Waals surface area contributed by atoms with Crippen LogP contribution in [0.2, 0.25) is 0 Å². The molecule has 2 atom stereocenters. The van der Waals surface area contributed by atoms with Gasteiger partial charge in [-0.1, -0.05) is 5.16 Å². The number of nitrogens with one attached hydrogen (secondary N) is 1. The molecule has 0 aromatic carbocycles. The van der Waals surface area contributed by atoms with Gasteiger partial charge in [-0.25, -0.2) is 4.79 Å². The van der Waals surface area contributed by atoms with Gasteiger partial charge in [-0.15, -0.1) is 0 Å². The lowest BCUT2D eigenvalue weighted by atomic mass is 10.2. The Kier molecular flexibility index (Phi) is 3.10. The second-order valence-corrected chi connectivity index (χ2v) is 3.84. The number of aromatic nitrogens is 1. The van der Waals surface area contributed by atoms with Crippen molar-refractivity contribution in [2.45, 2.75) is 32.0 Å². The van der Waals surface area contributed by atoms with Crippen LogP contribution in [-0.2, 0) is 14.3 Å². The molecule has 2 rings (SSSR count). The number of hydrogen-bond acceptors (Lipinski definition) is 5. The molecule has 1 aliphatic rings. The van der Waals surface area contributed by atoms with Crippen LogP contribution in [0.4, 0.5) is 5.82 Å². The van der Waals surface area contributed by atoms with E-state index in [1.165, 1.54) is 0 Å². The number of ether oxygens (including phenoxy) is 1. The van der Waals surface area contributed by atoms with Gasteiger partial charge in [-0.05, 0) is 19.8 Å². The summed E-state index contributed by atoms with van der Waals surface area (Å²) in [5.41, 5.74) is 0. The molecule has 1 aliphatic heterocycles. The Morgan fingerprint density at radius 3 is 2.71 bits per heavy atom. The van der Waals surface area contributed by atoms with E-state index in [-0.39, 0.29) is 0 Å². The van der Waals surface area contributed by atoms with Crippen molar-refractivity contribution in [1.82, 2.24) is 5.16 Å². The first-order valence-corrected chi connectivity index (χ1v) is 5.18. The van der Waals surface area contributed by atoms with Crippen molar-refractivity contribution in [1.29, 1.82) is 0 Å². The van der Waals surface area contributed by atoms with Crippen molar-refractivity contribution in [3.8, 4) is 0 Å². The number of rotatable bonds is 3. The summed E-state index contributed by atoms with van der Waals surface area (Å²) < 4.78 is 9.88. The Hall–Kier alpha value is -1.89. The molecule has 7 heteroatoms. The van der Waals surface area contributed by atoms with Crippen molar-refractivity contribution in [2.75, 3.05) is 5.32 Å². The van der Waals surface area contributed by atoms with Crippen LogP contribution in [0.5, 0.6) is 0 Å². The quantitative estimate of drug-likeness (QED) is 0.800. The van der Waals surface area contributed by atoms with E-state index in [4.69, 9.17) is 14.4 Å². The van der Waals surface area contributed by atoms with Crippen LogP contribution >= 0.6 is 0 Å². The van der Waals surface area contributed by atoms with Crippen LogP contribution in [0.3, 0.4) is 0 Å². The highest BCUT2D eigenvalue weighted by atomic mass is 16.5. The SMILES string of the molecule is Cc1cc(NC(=O)C2CCC(C(=O)O)O2)no1. The van der Waals surface area contributed by atoms with E-state index in [2.05, 4.69) is 10.5 Å². The summed E-state index contributed by atoms with van der Waals surface area (Å²) >= 11 is 0. The fourth-order valence-corrected chi connectivity index (χ4v) is 1.64. The van der Waals surface area contributed by atoms with E-state index >= 15 is 0 Å². The smallest absolute Gasteiger partial charge is 0.332 e. The molecule has 1 aromatic heterocycles. The Morgan fingerprint density at radius 2 is 2.18 bits per heavy atom. The number of carboxylic acids is 1. The number of hydrogen-bond donors (Lipinski definition) is 2. The Balaban J connectivity index is 1.91. The first-order valence-electron chi connectivity index (χ1n) is 5.18. The number of amides is 1. The third kappa shape index (κ3) is 2.62. The number of nitrogens with zero attached hydrogens (tertiary/aromatic N) is 1. The third-order valence-electron chi connectivity index (χ3n) is 2.47. The monoisotopic (exact) mass is 240 g/mol. The molecule has 0 radical (unpaired) electrons. The van der Waals surface area contributed by atoms with E-state index in [9.17, 15) is 9.59 Å². The summed E-state index contributed by atoms with van der Waals surface area (Å²) in [6, 6.07) is 1.57. The second kappa shape index (κ2) is 4.54. The van der Waals surface area contributed by atoms with Gasteiger partial charge in [-0.3, -0.25) is 4.79 Å². The van der Waals surface area contributed by atoms with Crippen molar-refractivity contribution >= 4 is 17.7 Å². The molecule has 2 unspecified atom stereocenters. The molecule has 17 heavy (non-hydrogen) atoms. The van der Waals surface area contributed by atoms with Gasteiger partial charge in [0, 0.05) is 6.07 Å². The topological polar surface area (TPSA) is 102 Å². The highest BCUT2D eigenvalue weighted by Gasteiger charge is 2.34. The zero-order valence-electron chi connectivity index (χ0n) is 9.17.